The topological polar surface area (TPSA) is 124 Å². The number of halogens is 1. The van der Waals surface area contributed by atoms with Crippen LogP contribution in [0.1, 0.15) is 36.6 Å². The third kappa shape index (κ3) is 7.02. The Morgan fingerprint density at radius 1 is 0.917 bits per heavy atom. The summed E-state index contributed by atoms with van der Waals surface area (Å²) in [4.78, 5) is 45.2. The third-order valence-corrected chi connectivity index (χ3v) is 8.86. The van der Waals surface area contributed by atoms with Crippen LogP contribution in [0.15, 0.2) is 80.5 Å². The smallest absolute Gasteiger partial charge is 0.344 e. The zero-order valence-corrected chi connectivity index (χ0v) is 29.3. The molecule has 48 heavy (non-hydrogen) atoms. The lowest BCUT2D eigenvalue weighted by Gasteiger charge is -2.26. The number of methoxy groups -OCH3 is 3. The lowest BCUT2D eigenvalue weighted by Crippen LogP contribution is -2.40. The first-order chi connectivity index (χ1) is 23.2. The lowest BCUT2D eigenvalue weighted by molar-refractivity contribution is -0.145. The van der Waals surface area contributed by atoms with Gasteiger partial charge in [-0.2, -0.15) is 0 Å². The number of carbonyl (C=O) groups is 2. The molecular formula is C35H33BrN2O9S. The van der Waals surface area contributed by atoms with Crippen LogP contribution in [-0.2, 0) is 19.1 Å². The molecule has 250 valence electrons. The van der Waals surface area contributed by atoms with E-state index < -0.39 is 18.0 Å². The molecular weight excluding hydrogens is 704 g/mol. The van der Waals surface area contributed by atoms with Crippen LogP contribution in [0.4, 0.5) is 0 Å². The fraction of sp³-hybridized carbons (Fsp3) is 0.257. The number of hydrogen-bond acceptors (Lipinski definition) is 11. The van der Waals surface area contributed by atoms with Gasteiger partial charge in [-0.1, -0.05) is 47.7 Å². The van der Waals surface area contributed by atoms with Gasteiger partial charge in [0.05, 0.1) is 60.9 Å². The summed E-state index contributed by atoms with van der Waals surface area (Å²) in [5.41, 5.74) is 2.14. The van der Waals surface area contributed by atoms with Crippen molar-refractivity contribution in [1.82, 2.24) is 4.57 Å². The third-order valence-electron chi connectivity index (χ3n) is 7.29. The Kier molecular flexibility index (Phi) is 11.0. The Balaban J connectivity index is 1.73. The van der Waals surface area contributed by atoms with Gasteiger partial charge >= 0.3 is 11.9 Å². The molecule has 11 nitrogen and oxygen atoms in total. The van der Waals surface area contributed by atoms with Gasteiger partial charge in [0.1, 0.15) is 0 Å². The van der Waals surface area contributed by atoms with Crippen LogP contribution >= 0.6 is 27.3 Å². The molecule has 5 rings (SSSR count). The molecule has 1 aromatic heterocycles. The zero-order chi connectivity index (χ0) is 34.4. The monoisotopic (exact) mass is 736 g/mol. The van der Waals surface area contributed by atoms with Gasteiger partial charge in [-0.05, 0) is 71.2 Å². The Bertz CT molecular complexity index is 2050. The largest absolute Gasteiger partial charge is 0.493 e. The van der Waals surface area contributed by atoms with Gasteiger partial charge in [-0.3, -0.25) is 9.36 Å². The average molecular weight is 738 g/mol. The maximum atomic E-state index is 14.3. The highest BCUT2D eigenvalue weighted by Crippen LogP contribution is 2.39. The molecule has 0 radical (unpaired) electrons. The molecule has 0 saturated carbocycles. The molecule has 0 saturated heterocycles. The van der Waals surface area contributed by atoms with Gasteiger partial charge in [0, 0.05) is 5.56 Å². The van der Waals surface area contributed by atoms with Crippen molar-refractivity contribution in [3.63, 3.8) is 0 Å². The Morgan fingerprint density at radius 2 is 1.62 bits per heavy atom. The van der Waals surface area contributed by atoms with E-state index in [4.69, 9.17) is 33.4 Å². The Labute approximate surface area is 288 Å². The summed E-state index contributed by atoms with van der Waals surface area (Å²) in [7, 11) is 4.52. The highest BCUT2D eigenvalue weighted by atomic mass is 79.9. The van der Waals surface area contributed by atoms with Crippen LogP contribution in [0, 0.1) is 0 Å². The van der Waals surface area contributed by atoms with Gasteiger partial charge in [-0.15, -0.1) is 0 Å². The number of nitrogens with zero attached hydrogens (tertiary/aromatic N) is 2. The van der Waals surface area contributed by atoms with Crippen molar-refractivity contribution in [2.24, 2.45) is 4.99 Å². The molecule has 1 atom stereocenters. The summed E-state index contributed by atoms with van der Waals surface area (Å²) in [6.07, 6.45) is 1.70. The van der Waals surface area contributed by atoms with Crippen molar-refractivity contribution in [3.05, 3.63) is 107 Å². The minimum atomic E-state index is -0.905. The van der Waals surface area contributed by atoms with E-state index in [1.54, 1.807) is 50.3 Å². The molecule has 13 heteroatoms. The molecule has 0 fully saturated rings. The highest BCUT2D eigenvalue weighted by molar-refractivity contribution is 9.10. The molecule has 0 spiro atoms. The molecule has 4 aromatic rings. The predicted octanol–water partition coefficient (Wildman–Crippen LogP) is 4.67. The highest BCUT2D eigenvalue weighted by Gasteiger charge is 2.35. The number of hydrogen-bond donors (Lipinski definition) is 0. The second kappa shape index (κ2) is 15.3. The Morgan fingerprint density at radius 3 is 2.29 bits per heavy atom. The van der Waals surface area contributed by atoms with Gasteiger partial charge in [-0.25, -0.2) is 14.6 Å². The van der Waals surface area contributed by atoms with Crippen molar-refractivity contribution in [1.29, 1.82) is 0 Å². The van der Waals surface area contributed by atoms with E-state index >= 15 is 0 Å². The number of thiazole rings is 1. The van der Waals surface area contributed by atoms with E-state index in [-0.39, 0.29) is 31.0 Å². The number of aromatic nitrogens is 1. The summed E-state index contributed by atoms with van der Waals surface area (Å²) in [5.74, 6) is 0.462. The standard InChI is InChI=1S/C35H33BrN2O9S/c1-6-45-28(39)19-47-32-23(36)15-20(16-26(32)44-5)17-27-33(40)38-31(22-13-14-24(42-3)25(18-22)43-4)29(34(41)46-7-2)30(37-35(38)48-27)21-11-9-8-10-12-21/h8-18,31H,6-7,19H2,1-5H3/b27-17-/t31-/m0/s1. The maximum Gasteiger partial charge on any atom is 0.344 e. The van der Waals surface area contributed by atoms with Crippen molar-refractivity contribution in [2.45, 2.75) is 19.9 Å². The number of ether oxygens (including phenoxy) is 6. The molecule has 2 heterocycles. The lowest BCUT2D eigenvalue weighted by atomic mass is 9.93. The minimum absolute atomic E-state index is 0.129. The molecule has 0 amide bonds. The summed E-state index contributed by atoms with van der Waals surface area (Å²) < 4.78 is 35.1. The predicted molar refractivity (Wildman–Crippen MR) is 183 cm³/mol. The molecule has 1 aliphatic rings. The van der Waals surface area contributed by atoms with Crippen LogP contribution < -0.4 is 33.8 Å². The van der Waals surface area contributed by atoms with Crippen molar-refractivity contribution in [2.75, 3.05) is 41.2 Å². The first kappa shape index (κ1) is 34.5. The number of fused-ring (bicyclic) bond motifs is 1. The maximum absolute atomic E-state index is 14.3. The molecule has 0 unspecified atom stereocenters. The fourth-order valence-corrected chi connectivity index (χ4v) is 6.80. The zero-order valence-electron chi connectivity index (χ0n) is 26.9. The van der Waals surface area contributed by atoms with E-state index in [9.17, 15) is 14.4 Å². The van der Waals surface area contributed by atoms with Crippen LogP contribution in [0.3, 0.4) is 0 Å². The first-order valence-corrected chi connectivity index (χ1v) is 16.5. The van der Waals surface area contributed by atoms with Crippen molar-refractivity contribution in [3.8, 4) is 23.0 Å². The SMILES string of the molecule is CCOC(=O)COc1c(Br)cc(/C=c2\sc3n(c2=O)[C@@H](c2ccc(OC)c(OC)c2)C(C(=O)OCC)=C(c2ccccc2)N=3)cc1OC. The summed E-state index contributed by atoms with van der Waals surface area (Å²) in [6.45, 7) is 3.50. The average Bonchev–Trinajstić information content (AvgIpc) is 3.40. The minimum Gasteiger partial charge on any atom is -0.493 e. The van der Waals surface area contributed by atoms with Gasteiger partial charge < -0.3 is 28.4 Å². The summed E-state index contributed by atoms with van der Waals surface area (Å²) in [5, 5.41) is 0. The first-order valence-electron chi connectivity index (χ1n) is 14.9. The number of esters is 2. The summed E-state index contributed by atoms with van der Waals surface area (Å²) >= 11 is 4.68. The van der Waals surface area contributed by atoms with Crippen molar-refractivity contribution < 1.29 is 38.0 Å². The molecule has 0 N–H and O–H groups in total. The number of rotatable bonds is 12. The Hall–Kier alpha value is -4.88. The molecule has 0 bridgehead atoms. The molecule has 3 aromatic carbocycles. The van der Waals surface area contributed by atoms with E-state index in [0.29, 0.717) is 59.2 Å². The van der Waals surface area contributed by atoms with Gasteiger partial charge in [0.15, 0.2) is 34.4 Å². The van der Waals surface area contributed by atoms with E-state index in [2.05, 4.69) is 15.9 Å². The number of carbonyl (C=O) groups excluding carboxylic acids is 2. The number of benzene rings is 3. The van der Waals surface area contributed by atoms with Gasteiger partial charge in [0.25, 0.3) is 5.56 Å². The fourth-order valence-electron chi connectivity index (χ4n) is 5.23. The van der Waals surface area contributed by atoms with Crippen LogP contribution in [-0.4, -0.2) is 57.7 Å². The van der Waals surface area contributed by atoms with Crippen LogP contribution in [0.25, 0.3) is 11.8 Å². The van der Waals surface area contributed by atoms with E-state index in [1.807, 2.05) is 30.3 Å². The van der Waals surface area contributed by atoms with E-state index in [0.717, 1.165) is 0 Å². The van der Waals surface area contributed by atoms with Crippen LogP contribution in [0.5, 0.6) is 23.0 Å². The van der Waals surface area contributed by atoms with Crippen molar-refractivity contribution >= 4 is 51.0 Å². The summed E-state index contributed by atoms with van der Waals surface area (Å²) in [6, 6.07) is 17.1. The normalized spacial score (nSPS) is 14.1. The second-order valence-corrected chi connectivity index (χ2v) is 12.0. The van der Waals surface area contributed by atoms with Gasteiger partial charge in [0.2, 0.25) is 0 Å². The molecule has 0 aliphatic carbocycles. The van der Waals surface area contributed by atoms with Crippen LogP contribution in [0.2, 0.25) is 0 Å². The van der Waals surface area contributed by atoms with E-state index in [1.165, 1.54) is 37.2 Å². The molecule has 1 aliphatic heterocycles. The second-order valence-electron chi connectivity index (χ2n) is 10.2. The quantitative estimate of drug-likeness (QED) is 0.191.